The van der Waals surface area contributed by atoms with Crippen LogP contribution >= 0.6 is 0 Å². The second kappa shape index (κ2) is 21.1. The number of hydrogen-bond acceptors (Lipinski definition) is 23. The fourth-order valence-corrected chi connectivity index (χ4v) is 6.75. The highest BCUT2D eigenvalue weighted by molar-refractivity contribution is 5.88. The average molecular weight is 887 g/mol. The van der Waals surface area contributed by atoms with E-state index in [4.69, 9.17) is 47.4 Å². The maximum Gasteiger partial charge on any atom is 0.331 e. The minimum Gasteiger partial charge on any atom is -0.504 e. The normalized spacial score (nSPS) is 33.7. The third-order valence-electron chi connectivity index (χ3n) is 10.1. The number of aliphatic hydroxyl groups is 9. The van der Waals surface area contributed by atoms with Crippen LogP contribution in [0.1, 0.15) is 11.1 Å². The van der Waals surface area contributed by atoms with Crippen LogP contribution in [-0.4, -0.2) is 201 Å². The highest BCUT2D eigenvalue weighted by Gasteiger charge is 2.61. The number of ether oxygens (including phenoxy) is 10. The molecule has 14 unspecified atom stereocenters. The number of carbonyl (C=O) groups excluding carboxylic acids is 2. The van der Waals surface area contributed by atoms with Gasteiger partial charge in [-0.1, -0.05) is 6.07 Å². The first kappa shape index (κ1) is 48.3. The lowest BCUT2D eigenvalue weighted by atomic mass is 9.96. The van der Waals surface area contributed by atoms with E-state index in [1.165, 1.54) is 63.8 Å². The summed E-state index contributed by atoms with van der Waals surface area (Å²) < 4.78 is 54.5. The molecule has 0 bridgehead atoms. The highest BCUT2D eigenvalue weighted by Crippen LogP contribution is 2.40. The standard InChI is InChI=1S/C39H50O23/c1-53-20-10-17(4-7-19(20)43)5-9-27(45)59-36-31(49)24(14-41)61-39(36,16-42)62-38-34(52)35(60-37-33(51)32(50)29(47)23(13-40)57-37)30(48)25(58-38)15-56-26(44)8-6-18-11-21(54-2)28(46)22(12-18)55-3/h4-12,23-25,29-38,40-43,46-52H,13-16H2,1-3H3. The van der Waals surface area contributed by atoms with Crippen LogP contribution in [0, 0.1) is 0 Å². The Morgan fingerprint density at radius 2 is 1.27 bits per heavy atom. The van der Waals surface area contributed by atoms with E-state index in [0.717, 1.165) is 12.2 Å². The number of esters is 2. The molecule has 0 spiro atoms. The number of hydrogen-bond donors (Lipinski definition) is 11. The van der Waals surface area contributed by atoms with Gasteiger partial charge in [0.1, 0.15) is 74.3 Å². The fourth-order valence-electron chi connectivity index (χ4n) is 6.75. The molecule has 3 aliphatic heterocycles. The Morgan fingerprint density at radius 3 is 1.89 bits per heavy atom. The van der Waals surface area contributed by atoms with Crippen LogP contribution in [0.3, 0.4) is 0 Å². The summed E-state index contributed by atoms with van der Waals surface area (Å²) >= 11 is 0. The van der Waals surface area contributed by atoms with Crippen LogP contribution in [-0.2, 0) is 42.7 Å². The number of carbonyl (C=O) groups is 2. The largest absolute Gasteiger partial charge is 0.504 e. The first-order chi connectivity index (χ1) is 29.5. The summed E-state index contributed by atoms with van der Waals surface area (Å²) in [5, 5.41) is 116. The van der Waals surface area contributed by atoms with Crippen molar-refractivity contribution in [2.24, 2.45) is 0 Å². The van der Waals surface area contributed by atoms with Gasteiger partial charge in [0.2, 0.25) is 11.5 Å². The number of phenols is 2. The van der Waals surface area contributed by atoms with Crippen molar-refractivity contribution in [3.8, 4) is 28.7 Å². The highest BCUT2D eigenvalue weighted by atomic mass is 16.8. The van der Waals surface area contributed by atoms with E-state index in [2.05, 4.69) is 0 Å². The maximum absolute atomic E-state index is 13.1. The fraction of sp³-hybridized carbons (Fsp3) is 0.538. The summed E-state index contributed by atoms with van der Waals surface area (Å²) in [6, 6.07) is 6.89. The number of rotatable bonds is 17. The second-order valence-corrected chi connectivity index (χ2v) is 14.1. The monoisotopic (exact) mass is 886 g/mol. The van der Waals surface area contributed by atoms with Crippen LogP contribution < -0.4 is 14.2 Å². The van der Waals surface area contributed by atoms with Crippen LogP contribution in [0.25, 0.3) is 12.2 Å². The molecule has 11 N–H and O–H groups in total. The number of aliphatic hydroxyl groups excluding tert-OH is 9. The molecule has 344 valence electrons. The molecule has 0 aliphatic carbocycles. The Kier molecular flexibility index (Phi) is 16.5. The Hall–Kier alpha value is -4.70. The SMILES string of the molecule is COc1cc(C=CC(=O)OC2C(O)C(CO)OC2(CO)OC2OC(COC(=O)C=Cc3cc(OC)c(O)c(OC)c3)C(O)C(OC3OC(CO)C(O)C(O)C3O)C2O)ccc1O. The number of phenolic OH excluding ortho intramolecular Hbond substituents is 2. The zero-order valence-corrected chi connectivity index (χ0v) is 33.3. The van der Waals surface area contributed by atoms with E-state index < -0.39 is 124 Å². The van der Waals surface area contributed by atoms with E-state index in [9.17, 15) is 65.8 Å². The van der Waals surface area contributed by atoms with Crippen molar-refractivity contribution in [3.63, 3.8) is 0 Å². The van der Waals surface area contributed by atoms with Gasteiger partial charge < -0.3 is 104 Å². The van der Waals surface area contributed by atoms with E-state index in [0.29, 0.717) is 11.1 Å². The summed E-state index contributed by atoms with van der Waals surface area (Å²) in [7, 11) is 3.91. The smallest absolute Gasteiger partial charge is 0.331 e. The van der Waals surface area contributed by atoms with Crippen LogP contribution in [0.5, 0.6) is 28.7 Å². The van der Waals surface area contributed by atoms with Gasteiger partial charge >= 0.3 is 11.9 Å². The van der Waals surface area contributed by atoms with Gasteiger partial charge in [0, 0.05) is 12.2 Å². The van der Waals surface area contributed by atoms with Crippen molar-refractivity contribution in [2.45, 2.75) is 85.5 Å². The van der Waals surface area contributed by atoms with E-state index in [1.807, 2.05) is 0 Å². The summed E-state index contributed by atoms with van der Waals surface area (Å²) in [4.78, 5) is 26.0. The second-order valence-electron chi connectivity index (χ2n) is 14.1. The van der Waals surface area contributed by atoms with Gasteiger partial charge in [-0.3, -0.25) is 0 Å². The number of aromatic hydroxyl groups is 2. The van der Waals surface area contributed by atoms with Gasteiger partial charge in [0.15, 0.2) is 41.7 Å². The van der Waals surface area contributed by atoms with Crippen molar-refractivity contribution in [1.29, 1.82) is 0 Å². The molecule has 0 saturated carbocycles. The van der Waals surface area contributed by atoms with Gasteiger partial charge in [0.05, 0.1) is 34.5 Å². The Labute approximate surface area is 352 Å². The van der Waals surface area contributed by atoms with Gasteiger partial charge in [0.25, 0.3) is 0 Å². The van der Waals surface area contributed by atoms with Gasteiger partial charge in [-0.25, -0.2) is 9.59 Å². The topological polar surface area (TPSA) is 349 Å². The molecule has 0 aromatic heterocycles. The Balaban J connectivity index is 1.41. The summed E-state index contributed by atoms with van der Waals surface area (Å²) in [5.41, 5.74) is 0.691. The summed E-state index contributed by atoms with van der Waals surface area (Å²) in [5.74, 6) is -5.13. The Bertz CT molecular complexity index is 1860. The predicted molar refractivity (Wildman–Crippen MR) is 203 cm³/mol. The molecule has 14 atom stereocenters. The van der Waals surface area contributed by atoms with Gasteiger partial charge in [-0.15, -0.1) is 0 Å². The molecule has 3 heterocycles. The van der Waals surface area contributed by atoms with Crippen molar-refractivity contribution in [1.82, 2.24) is 0 Å². The zero-order chi connectivity index (χ0) is 45.5. The molecular formula is C39H50O23. The van der Waals surface area contributed by atoms with Crippen molar-refractivity contribution in [3.05, 3.63) is 53.6 Å². The van der Waals surface area contributed by atoms with E-state index >= 15 is 0 Å². The lowest BCUT2D eigenvalue weighted by molar-refractivity contribution is -0.399. The quantitative estimate of drug-likeness (QED) is 0.0540. The molecule has 62 heavy (non-hydrogen) atoms. The minimum absolute atomic E-state index is 0.0273. The first-order valence-corrected chi connectivity index (χ1v) is 18.8. The van der Waals surface area contributed by atoms with Crippen molar-refractivity contribution >= 4 is 24.1 Å². The zero-order valence-electron chi connectivity index (χ0n) is 33.3. The maximum atomic E-state index is 13.1. The average Bonchev–Trinajstić information content (AvgIpc) is 3.53. The van der Waals surface area contributed by atoms with E-state index in [-0.39, 0.29) is 28.7 Å². The number of methoxy groups -OCH3 is 3. The third-order valence-corrected chi connectivity index (χ3v) is 10.1. The Morgan fingerprint density at radius 1 is 0.677 bits per heavy atom. The molecule has 2 aromatic carbocycles. The van der Waals surface area contributed by atoms with Crippen molar-refractivity contribution < 1.29 is 113 Å². The molecule has 23 nitrogen and oxygen atoms in total. The summed E-state index contributed by atoms with van der Waals surface area (Å²) in [6.07, 6.45) is -20.3. The lowest BCUT2D eigenvalue weighted by Gasteiger charge is -2.47. The molecule has 0 radical (unpaired) electrons. The molecule has 3 saturated heterocycles. The van der Waals surface area contributed by atoms with Crippen LogP contribution in [0.4, 0.5) is 0 Å². The first-order valence-electron chi connectivity index (χ1n) is 18.8. The molecule has 2 aromatic rings. The molecular weight excluding hydrogens is 836 g/mol. The molecule has 5 rings (SSSR count). The van der Waals surface area contributed by atoms with Crippen molar-refractivity contribution in [2.75, 3.05) is 47.8 Å². The predicted octanol–water partition coefficient (Wildman–Crippen LogP) is -3.61. The number of benzene rings is 2. The molecule has 0 amide bonds. The minimum atomic E-state index is -2.64. The van der Waals surface area contributed by atoms with Crippen LogP contribution in [0.15, 0.2) is 42.5 Å². The lowest BCUT2D eigenvalue weighted by Crippen LogP contribution is -2.66. The molecule has 3 fully saturated rings. The molecule has 3 aliphatic rings. The van der Waals surface area contributed by atoms with Crippen LogP contribution in [0.2, 0.25) is 0 Å². The van der Waals surface area contributed by atoms with E-state index in [1.54, 1.807) is 0 Å². The molecule has 23 heteroatoms. The van der Waals surface area contributed by atoms with Gasteiger partial charge in [-0.05, 0) is 47.5 Å². The van der Waals surface area contributed by atoms with Gasteiger partial charge in [-0.2, -0.15) is 0 Å². The summed E-state index contributed by atoms with van der Waals surface area (Å²) in [6.45, 7) is -3.85. The third kappa shape index (κ3) is 10.6.